The van der Waals surface area contributed by atoms with Crippen molar-refractivity contribution >= 4 is 50.9 Å². The van der Waals surface area contributed by atoms with Gasteiger partial charge < -0.3 is 10.4 Å². The van der Waals surface area contributed by atoms with E-state index in [1.165, 1.54) is 41.7 Å². The van der Waals surface area contributed by atoms with Crippen LogP contribution in [0.1, 0.15) is 15.2 Å². The molecule has 110 valence electrons. The van der Waals surface area contributed by atoms with E-state index in [2.05, 4.69) is 21.2 Å². The van der Waals surface area contributed by atoms with Crippen molar-refractivity contribution in [1.29, 1.82) is 5.26 Å². The molecule has 22 heavy (non-hydrogen) atoms. The Balaban J connectivity index is 2.14. The van der Waals surface area contributed by atoms with E-state index in [9.17, 15) is 9.59 Å². The van der Waals surface area contributed by atoms with Gasteiger partial charge in [-0.05, 0) is 52.3 Å². The summed E-state index contributed by atoms with van der Waals surface area (Å²) in [5.74, 6) is -1.59. The summed E-state index contributed by atoms with van der Waals surface area (Å²) in [6, 6.07) is 9.36. The molecule has 0 fully saturated rings. The van der Waals surface area contributed by atoms with Gasteiger partial charge in [-0.15, -0.1) is 11.3 Å². The fourth-order valence-corrected chi connectivity index (χ4v) is 2.97. The molecule has 1 aromatic carbocycles. The number of thiophene rings is 1. The Labute approximate surface area is 138 Å². The lowest BCUT2D eigenvalue weighted by Crippen LogP contribution is -2.13. The Morgan fingerprint density at radius 3 is 2.50 bits per heavy atom. The van der Waals surface area contributed by atoms with Crippen molar-refractivity contribution in [2.75, 3.05) is 5.32 Å². The minimum absolute atomic E-state index is 0.0309. The van der Waals surface area contributed by atoms with Crippen molar-refractivity contribution in [3.8, 4) is 6.07 Å². The summed E-state index contributed by atoms with van der Waals surface area (Å²) >= 11 is 4.71. The molecule has 0 saturated carbocycles. The molecule has 2 aromatic rings. The van der Waals surface area contributed by atoms with Gasteiger partial charge in [-0.25, -0.2) is 4.79 Å². The molecule has 0 aliphatic rings. The maximum Gasteiger partial charge on any atom is 0.335 e. The number of halogens is 1. The lowest BCUT2D eigenvalue weighted by molar-refractivity contribution is -0.112. The van der Waals surface area contributed by atoms with Crippen molar-refractivity contribution in [3.63, 3.8) is 0 Å². The van der Waals surface area contributed by atoms with Crippen molar-refractivity contribution in [3.05, 3.63) is 56.2 Å². The number of aromatic carboxylic acids is 1. The molecule has 0 saturated heterocycles. The summed E-state index contributed by atoms with van der Waals surface area (Å²) in [5, 5.41) is 22.3. The molecule has 0 unspecified atom stereocenters. The van der Waals surface area contributed by atoms with Crippen molar-refractivity contribution in [1.82, 2.24) is 0 Å². The van der Waals surface area contributed by atoms with Gasteiger partial charge in [-0.1, -0.05) is 0 Å². The molecule has 7 heteroatoms. The quantitative estimate of drug-likeness (QED) is 0.627. The molecule has 2 rings (SSSR count). The van der Waals surface area contributed by atoms with E-state index in [0.29, 0.717) is 5.69 Å². The third-order valence-corrected chi connectivity index (χ3v) is 4.27. The van der Waals surface area contributed by atoms with Gasteiger partial charge in [0.25, 0.3) is 5.91 Å². The molecule has 2 N–H and O–H groups in total. The van der Waals surface area contributed by atoms with E-state index in [4.69, 9.17) is 10.4 Å². The number of carbonyl (C=O) groups is 2. The number of anilines is 1. The second-order valence-electron chi connectivity index (χ2n) is 4.17. The molecule has 1 amide bonds. The maximum atomic E-state index is 12.0. The highest BCUT2D eigenvalue weighted by Gasteiger charge is 2.11. The number of rotatable bonds is 4. The summed E-state index contributed by atoms with van der Waals surface area (Å²) in [6.07, 6.45) is 1.50. The number of nitriles is 1. The Hall–Kier alpha value is -2.43. The zero-order chi connectivity index (χ0) is 16.1. The number of nitrogens with zero attached hydrogens (tertiary/aromatic N) is 1. The fourth-order valence-electron chi connectivity index (χ4n) is 1.59. The van der Waals surface area contributed by atoms with Crippen LogP contribution in [-0.4, -0.2) is 17.0 Å². The smallest absolute Gasteiger partial charge is 0.335 e. The average Bonchev–Trinajstić information content (AvgIpc) is 2.90. The number of carboxylic acids is 1. The van der Waals surface area contributed by atoms with Crippen LogP contribution in [0.5, 0.6) is 0 Å². The van der Waals surface area contributed by atoms with E-state index >= 15 is 0 Å². The number of carbonyl (C=O) groups excluding carboxylic acids is 1. The van der Waals surface area contributed by atoms with Crippen LogP contribution in [0.15, 0.2) is 45.8 Å². The average molecular weight is 377 g/mol. The molecule has 1 heterocycles. The highest BCUT2D eigenvalue weighted by Crippen LogP contribution is 2.22. The van der Waals surface area contributed by atoms with Gasteiger partial charge in [0.1, 0.15) is 11.6 Å². The first-order chi connectivity index (χ1) is 10.5. The van der Waals surface area contributed by atoms with E-state index in [1.807, 2.05) is 11.4 Å². The Morgan fingerprint density at radius 2 is 2.00 bits per heavy atom. The summed E-state index contributed by atoms with van der Waals surface area (Å²) in [4.78, 5) is 23.6. The molecule has 0 atom stereocenters. The molecule has 0 bridgehead atoms. The van der Waals surface area contributed by atoms with Crippen molar-refractivity contribution in [2.24, 2.45) is 0 Å². The number of amides is 1. The van der Waals surface area contributed by atoms with Gasteiger partial charge in [0.2, 0.25) is 0 Å². The third-order valence-electron chi connectivity index (χ3n) is 2.63. The van der Waals surface area contributed by atoms with Gasteiger partial charge >= 0.3 is 5.97 Å². The minimum Gasteiger partial charge on any atom is -0.478 e. The van der Waals surface area contributed by atoms with E-state index in [1.54, 1.807) is 6.07 Å². The van der Waals surface area contributed by atoms with Gasteiger partial charge in [0.15, 0.2) is 0 Å². The Bertz CT molecular complexity index is 788. The highest BCUT2D eigenvalue weighted by molar-refractivity contribution is 9.10. The SMILES string of the molecule is N#CC(=Cc1cc(Br)cs1)C(=O)Nc1ccc(C(=O)O)cc1. The van der Waals surface area contributed by atoms with E-state index in [-0.39, 0.29) is 11.1 Å². The number of hydrogen-bond acceptors (Lipinski definition) is 4. The normalized spacial score (nSPS) is 10.8. The Kier molecular flexibility index (Phi) is 5.09. The summed E-state index contributed by atoms with van der Waals surface area (Å²) in [7, 11) is 0. The van der Waals surface area contributed by atoms with Crippen LogP contribution in [0, 0.1) is 11.3 Å². The molecule has 0 aliphatic heterocycles. The van der Waals surface area contributed by atoms with Crippen LogP contribution in [0.2, 0.25) is 0 Å². The second-order valence-corrected chi connectivity index (χ2v) is 6.03. The molecule has 5 nitrogen and oxygen atoms in total. The predicted octanol–water partition coefficient (Wildman–Crippen LogP) is 3.75. The molecule has 0 aliphatic carbocycles. The number of hydrogen-bond donors (Lipinski definition) is 2. The van der Waals surface area contributed by atoms with Gasteiger partial charge in [0, 0.05) is 20.4 Å². The maximum absolute atomic E-state index is 12.0. The minimum atomic E-state index is -1.04. The van der Waals surface area contributed by atoms with E-state index in [0.717, 1.165) is 9.35 Å². The van der Waals surface area contributed by atoms with E-state index < -0.39 is 11.9 Å². The third kappa shape index (κ3) is 4.04. The van der Waals surface area contributed by atoms with Crippen LogP contribution in [-0.2, 0) is 4.79 Å². The van der Waals surface area contributed by atoms with Crippen LogP contribution >= 0.6 is 27.3 Å². The lowest BCUT2D eigenvalue weighted by atomic mass is 10.2. The zero-order valence-electron chi connectivity index (χ0n) is 11.0. The molecule has 0 radical (unpaired) electrons. The van der Waals surface area contributed by atoms with Crippen molar-refractivity contribution < 1.29 is 14.7 Å². The van der Waals surface area contributed by atoms with Gasteiger partial charge in [-0.3, -0.25) is 4.79 Å². The molecule has 1 aromatic heterocycles. The topological polar surface area (TPSA) is 90.2 Å². The number of nitrogens with one attached hydrogen (secondary N) is 1. The van der Waals surface area contributed by atoms with Crippen LogP contribution < -0.4 is 5.32 Å². The van der Waals surface area contributed by atoms with Gasteiger partial charge in [-0.2, -0.15) is 5.26 Å². The molecule has 0 spiro atoms. The van der Waals surface area contributed by atoms with Crippen LogP contribution in [0.25, 0.3) is 6.08 Å². The molecular weight excluding hydrogens is 368 g/mol. The summed E-state index contributed by atoms with van der Waals surface area (Å²) < 4.78 is 0.880. The molecular formula is C15H9BrN2O3S. The number of benzene rings is 1. The monoisotopic (exact) mass is 376 g/mol. The first-order valence-corrected chi connectivity index (χ1v) is 7.67. The number of carboxylic acid groups (broad SMARTS) is 1. The summed E-state index contributed by atoms with van der Waals surface area (Å²) in [6.45, 7) is 0. The van der Waals surface area contributed by atoms with Crippen LogP contribution in [0.3, 0.4) is 0 Å². The highest BCUT2D eigenvalue weighted by atomic mass is 79.9. The predicted molar refractivity (Wildman–Crippen MR) is 87.6 cm³/mol. The first kappa shape index (κ1) is 15.9. The second kappa shape index (κ2) is 7.02. The van der Waals surface area contributed by atoms with Gasteiger partial charge in [0.05, 0.1) is 5.56 Å². The zero-order valence-corrected chi connectivity index (χ0v) is 13.4. The Morgan fingerprint density at radius 1 is 1.32 bits per heavy atom. The van der Waals surface area contributed by atoms with Crippen molar-refractivity contribution in [2.45, 2.75) is 0 Å². The van der Waals surface area contributed by atoms with Crippen LogP contribution in [0.4, 0.5) is 5.69 Å². The first-order valence-electron chi connectivity index (χ1n) is 6.00. The largest absolute Gasteiger partial charge is 0.478 e. The fraction of sp³-hybridized carbons (Fsp3) is 0. The standard InChI is InChI=1S/C15H9BrN2O3S/c16-11-6-13(22-8-11)5-10(7-17)14(19)18-12-3-1-9(2-4-12)15(20)21/h1-6,8H,(H,18,19)(H,20,21). The summed E-state index contributed by atoms with van der Waals surface area (Å²) in [5.41, 5.74) is 0.512. The lowest BCUT2D eigenvalue weighted by Gasteiger charge is -2.04.